The maximum Gasteiger partial charge on any atom is 0.573 e. The molecule has 8 heteroatoms. The molecule has 0 saturated heterocycles. The van der Waals surface area contributed by atoms with Crippen molar-refractivity contribution in [2.75, 3.05) is 7.11 Å². The number of hydrogen-bond donors (Lipinski definition) is 1. The van der Waals surface area contributed by atoms with Gasteiger partial charge in [0.2, 0.25) is 5.88 Å². The molecule has 0 spiro atoms. The van der Waals surface area contributed by atoms with Crippen molar-refractivity contribution in [3.8, 4) is 11.6 Å². The number of nitrogens with zero attached hydrogens (tertiary/aromatic N) is 1. The van der Waals surface area contributed by atoms with E-state index in [1.165, 1.54) is 14.0 Å². The number of carboxylic acids is 1. The van der Waals surface area contributed by atoms with Crippen molar-refractivity contribution >= 4 is 5.97 Å². The van der Waals surface area contributed by atoms with E-state index in [1.54, 1.807) is 0 Å². The summed E-state index contributed by atoms with van der Waals surface area (Å²) in [4.78, 5) is 14.4. The lowest BCUT2D eigenvalue weighted by Gasteiger charge is -2.13. The maximum atomic E-state index is 12.0. The zero-order valence-corrected chi connectivity index (χ0v) is 8.83. The van der Waals surface area contributed by atoms with Gasteiger partial charge in [-0.25, -0.2) is 9.78 Å². The van der Waals surface area contributed by atoms with Crippen molar-refractivity contribution in [2.24, 2.45) is 0 Å². The Hall–Kier alpha value is -1.99. The second kappa shape index (κ2) is 4.48. The van der Waals surface area contributed by atoms with Gasteiger partial charge in [0, 0.05) is 5.56 Å². The van der Waals surface area contributed by atoms with Gasteiger partial charge in [0.15, 0.2) is 5.75 Å². The number of hydrogen-bond acceptors (Lipinski definition) is 4. The average molecular weight is 251 g/mol. The molecule has 0 saturated carbocycles. The van der Waals surface area contributed by atoms with E-state index in [9.17, 15) is 18.0 Å². The number of aromatic carboxylic acids is 1. The van der Waals surface area contributed by atoms with E-state index in [0.717, 1.165) is 0 Å². The summed E-state index contributed by atoms with van der Waals surface area (Å²) in [5, 5.41) is 8.83. The fraction of sp³-hybridized carbons (Fsp3) is 0.333. The third kappa shape index (κ3) is 2.99. The van der Waals surface area contributed by atoms with Crippen LogP contribution in [0.5, 0.6) is 11.6 Å². The highest BCUT2D eigenvalue weighted by molar-refractivity contribution is 5.93. The van der Waals surface area contributed by atoms with E-state index in [1.807, 2.05) is 0 Å². The van der Waals surface area contributed by atoms with Gasteiger partial charge in [-0.05, 0) is 6.92 Å². The molecule has 0 unspecified atom stereocenters. The quantitative estimate of drug-likeness (QED) is 0.889. The first-order valence-electron chi connectivity index (χ1n) is 4.29. The Labute approximate surface area is 93.8 Å². The molecule has 0 atom stereocenters. The third-order valence-electron chi connectivity index (χ3n) is 1.87. The van der Waals surface area contributed by atoms with Gasteiger partial charge >= 0.3 is 12.3 Å². The lowest BCUT2D eigenvalue weighted by molar-refractivity contribution is -0.274. The topological polar surface area (TPSA) is 68.7 Å². The molecular weight excluding hydrogens is 243 g/mol. The van der Waals surface area contributed by atoms with E-state index in [0.29, 0.717) is 6.20 Å². The van der Waals surface area contributed by atoms with Crippen LogP contribution in [-0.2, 0) is 0 Å². The lowest BCUT2D eigenvalue weighted by Crippen LogP contribution is -2.20. The molecule has 0 aliphatic heterocycles. The first kappa shape index (κ1) is 13.1. The fourth-order valence-corrected chi connectivity index (χ4v) is 1.24. The zero-order valence-electron chi connectivity index (χ0n) is 8.83. The Kier molecular flexibility index (Phi) is 3.45. The van der Waals surface area contributed by atoms with Crippen LogP contribution in [0.2, 0.25) is 0 Å². The first-order chi connectivity index (χ1) is 7.76. The van der Waals surface area contributed by atoms with Crippen LogP contribution in [0.25, 0.3) is 0 Å². The molecule has 5 nitrogen and oxygen atoms in total. The van der Waals surface area contributed by atoms with Crippen LogP contribution in [0.3, 0.4) is 0 Å². The standard InChI is InChI=1S/C9H8F3NO4/c1-4-6(8(14)15)5(17-9(10,11)12)3-13-7(4)16-2/h3H,1-2H3,(H,14,15). The van der Waals surface area contributed by atoms with Crippen LogP contribution in [-0.4, -0.2) is 29.5 Å². The largest absolute Gasteiger partial charge is 0.573 e. The normalized spacial score (nSPS) is 11.1. The highest BCUT2D eigenvalue weighted by Crippen LogP contribution is 2.31. The molecule has 1 N–H and O–H groups in total. The summed E-state index contributed by atoms with van der Waals surface area (Å²) in [5.74, 6) is -2.50. The summed E-state index contributed by atoms with van der Waals surface area (Å²) in [6, 6.07) is 0. The number of ether oxygens (including phenoxy) is 2. The molecule has 1 aromatic rings. The van der Waals surface area contributed by atoms with Crippen molar-refractivity contribution in [3.63, 3.8) is 0 Å². The molecule has 17 heavy (non-hydrogen) atoms. The van der Waals surface area contributed by atoms with Crippen LogP contribution >= 0.6 is 0 Å². The van der Waals surface area contributed by atoms with Crippen LogP contribution in [0.15, 0.2) is 6.20 Å². The molecule has 0 aliphatic carbocycles. The summed E-state index contributed by atoms with van der Waals surface area (Å²) in [6.45, 7) is 1.28. The van der Waals surface area contributed by atoms with E-state index >= 15 is 0 Å². The van der Waals surface area contributed by atoms with Gasteiger partial charge in [0.1, 0.15) is 5.56 Å². The molecule has 0 aliphatic rings. The van der Waals surface area contributed by atoms with Gasteiger partial charge in [0.25, 0.3) is 0 Å². The maximum absolute atomic E-state index is 12.0. The molecule has 1 rings (SSSR count). The average Bonchev–Trinajstić information content (AvgIpc) is 2.14. The molecule has 0 aromatic carbocycles. The molecule has 0 fully saturated rings. The van der Waals surface area contributed by atoms with Gasteiger partial charge in [-0.3, -0.25) is 0 Å². The molecule has 0 amide bonds. The predicted molar refractivity (Wildman–Crippen MR) is 49.2 cm³/mol. The minimum atomic E-state index is -4.98. The summed E-state index contributed by atoms with van der Waals surface area (Å²) < 4.78 is 44.4. The van der Waals surface area contributed by atoms with Gasteiger partial charge in [0.05, 0.1) is 13.3 Å². The number of rotatable bonds is 3. The molecule has 0 bridgehead atoms. The van der Waals surface area contributed by atoms with E-state index < -0.39 is 23.6 Å². The van der Waals surface area contributed by atoms with Gasteiger partial charge in [-0.15, -0.1) is 13.2 Å². The SMILES string of the molecule is COc1ncc(OC(F)(F)F)c(C(=O)O)c1C. The van der Waals surface area contributed by atoms with E-state index in [4.69, 9.17) is 9.84 Å². The fourth-order valence-electron chi connectivity index (χ4n) is 1.24. The van der Waals surface area contributed by atoms with Crippen molar-refractivity contribution in [3.05, 3.63) is 17.3 Å². The lowest BCUT2D eigenvalue weighted by atomic mass is 10.1. The second-order valence-corrected chi connectivity index (χ2v) is 2.98. The predicted octanol–water partition coefficient (Wildman–Crippen LogP) is 2.00. The molecule has 1 aromatic heterocycles. The third-order valence-corrected chi connectivity index (χ3v) is 1.87. The molecule has 94 valence electrons. The van der Waals surface area contributed by atoms with Crippen LogP contribution in [0.1, 0.15) is 15.9 Å². The van der Waals surface area contributed by atoms with Crippen molar-refractivity contribution in [1.29, 1.82) is 0 Å². The number of halogens is 3. The van der Waals surface area contributed by atoms with Gasteiger partial charge < -0.3 is 14.6 Å². The number of carbonyl (C=O) groups is 1. The Balaban J connectivity index is 3.32. The minimum absolute atomic E-state index is 0.0400. The number of carboxylic acid groups (broad SMARTS) is 1. The first-order valence-corrected chi connectivity index (χ1v) is 4.29. The van der Waals surface area contributed by atoms with Gasteiger partial charge in [-0.2, -0.15) is 0 Å². The summed E-state index contributed by atoms with van der Waals surface area (Å²) in [6.07, 6.45) is -4.32. The minimum Gasteiger partial charge on any atom is -0.481 e. The number of pyridine rings is 1. The monoisotopic (exact) mass is 251 g/mol. The number of aromatic nitrogens is 1. The highest BCUT2D eigenvalue weighted by Gasteiger charge is 2.34. The summed E-state index contributed by atoms with van der Waals surface area (Å²) >= 11 is 0. The Morgan fingerprint density at radius 3 is 2.47 bits per heavy atom. The van der Waals surface area contributed by atoms with Crippen LogP contribution in [0, 0.1) is 6.92 Å². The number of methoxy groups -OCH3 is 1. The smallest absolute Gasteiger partial charge is 0.481 e. The van der Waals surface area contributed by atoms with Gasteiger partial charge in [-0.1, -0.05) is 0 Å². The highest BCUT2D eigenvalue weighted by atomic mass is 19.4. The Morgan fingerprint density at radius 1 is 1.47 bits per heavy atom. The molecule has 0 radical (unpaired) electrons. The van der Waals surface area contributed by atoms with Crippen molar-refractivity contribution in [2.45, 2.75) is 13.3 Å². The van der Waals surface area contributed by atoms with Crippen molar-refractivity contribution in [1.82, 2.24) is 4.98 Å². The Bertz CT molecular complexity index is 445. The molecule has 1 heterocycles. The zero-order chi connectivity index (χ0) is 13.2. The number of alkyl halides is 3. The second-order valence-electron chi connectivity index (χ2n) is 2.98. The Morgan fingerprint density at radius 2 is 2.06 bits per heavy atom. The van der Waals surface area contributed by atoms with Crippen LogP contribution < -0.4 is 9.47 Å². The molecular formula is C9H8F3NO4. The van der Waals surface area contributed by atoms with Crippen LogP contribution in [0.4, 0.5) is 13.2 Å². The summed E-state index contributed by atoms with van der Waals surface area (Å²) in [7, 11) is 1.23. The summed E-state index contributed by atoms with van der Waals surface area (Å²) in [5.41, 5.74) is -0.670. The van der Waals surface area contributed by atoms with E-state index in [2.05, 4.69) is 9.72 Å². The van der Waals surface area contributed by atoms with E-state index in [-0.39, 0.29) is 11.4 Å². The van der Waals surface area contributed by atoms with Crippen molar-refractivity contribution < 1.29 is 32.5 Å².